The molecule has 0 unspecified atom stereocenters. The summed E-state index contributed by atoms with van der Waals surface area (Å²) in [6.45, 7) is 2.15. The van der Waals surface area contributed by atoms with Crippen LogP contribution in [0.3, 0.4) is 0 Å². The molecule has 5 heteroatoms. The Balaban J connectivity index is 1.69. The van der Waals surface area contributed by atoms with Gasteiger partial charge in [0.25, 0.3) is 5.89 Å². The zero-order chi connectivity index (χ0) is 14.7. The maximum Gasteiger partial charge on any atom is 0.264 e. The second-order valence-electron chi connectivity index (χ2n) is 4.58. The fourth-order valence-electron chi connectivity index (χ4n) is 1.87. The summed E-state index contributed by atoms with van der Waals surface area (Å²) in [6.07, 6.45) is 0. The van der Waals surface area contributed by atoms with Crippen LogP contribution in [0.25, 0.3) is 11.4 Å². The highest BCUT2D eigenvalue weighted by Crippen LogP contribution is 2.22. The number of nitrogens with zero attached hydrogens (tertiary/aromatic N) is 2. The van der Waals surface area contributed by atoms with Gasteiger partial charge in [-0.05, 0) is 30.7 Å². The predicted molar refractivity (Wildman–Crippen MR) is 80.3 cm³/mol. The molecule has 1 heterocycles. The van der Waals surface area contributed by atoms with Gasteiger partial charge in [0.15, 0.2) is 6.61 Å². The van der Waals surface area contributed by atoms with Crippen molar-refractivity contribution in [2.45, 2.75) is 13.5 Å². The van der Waals surface area contributed by atoms with Gasteiger partial charge in [-0.3, -0.25) is 0 Å². The number of ether oxygens (including phenoxy) is 1. The summed E-state index contributed by atoms with van der Waals surface area (Å²) in [7, 11) is 0. The Morgan fingerprint density at radius 1 is 1.14 bits per heavy atom. The van der Waals surface area contributed by atoms with E-state index in [1.807, 2.05) is 49.4 Å². The predicted octanol–water partition coefficient (Wildman–Crippen LogP) is 4.28. The molecule has 1 aromatic heterocycles. The van der Waals surface area contributed by atoms with Gasteiger partial charge in [-0.25, -0.2) is 0 Å². The first-order valence-corrected chi connectivity index (χ1v) is 6.87. The molecular weight excluding hydrogens is 288 g/mol. The zero-order valence-corrected chi connectivity index (χ0v) is 12.2. The Morgan fingerprint density at radius 2 is 1.95 bits per heavy atom. The van der Waals surface area contributed by atoms with Crippen molar-refractivity contribution >= 4 is 11.6 Å². The molecule has 0 fully saturated rings. The Bertz CT molecular complexity index is 741. The van der Waals surface area contributed by atoms with Crippen molar-refractivity contribution in [2.75, 3.05) is 0 Å². The zero-order valence-electron chi connectivity index (χ0n) is 11.4. The quantitative estimate of drug-likeness (QED) is 0.721. The molecular formula is C16H13ClN2O2. The molecule has 21 heavy (non-hydrogen) atoms. The van der Waals surface area contributed by atoms with E-state index in [0.717, 1.165) is 16.9 Å². The van der Waals surface area contributed by atoms with Crippen LogP contribution in [0.4, 0.5) is 0 Å². The molecule has 3 aromatic rings. The highest BCUT2D eigenvalue weighted by Gasteiger charge is 2.09. The summed E-state index contributed by atoms with van der Waals surface area (Å²) in [5, 5.41) is 4.66. The van der Waals surface area contributed by atoms with Crippen LogP contribution in [0.1, 0.15) is 11.5 Å². The summed E-state index contributed by atoms with van der Waals surface area (Å²) in [6, 6.07) is 15.1. The van der Waals surface area contributed by atoms with Gasteiger partial charge < -0.3 is 9.26 Å². The number of hydrogen-bond donors (Lipinski definition) is 0. The largest absolute Gasteiger partial charge is 0.484 e. The van der Waals surface area contributed by atoms with Gasteiger partial charge in [-0.15, -0.1) is 0 Å². The Hall–Kier alpha value is -2.33. The number of benzene rings is 2. The molecule has 0 bridgehead atoms. The SMILES string of the molecule is Cc1cc(OCc2nc(-c3ccccc3)no2)ccc1Cl. The standard InChI is InChI=1S/C16H13ClN2O2/c1-11-9-13(7-8-14(11)17)20-10-15-18-16(19-21-15)12-5-3-2-4-6-12/h2-9H,10H2,1H3. The number of rotatable bonds is 4. The number of aryl methyl sites for hydroxylation is 1. The second-order valence-corrected chi connectivity index (χ2v) is 4.98. The van der Waals surface area contributed by atoms with Gasteiger partial charge in [-0.1, -0.05) is 47.1 Å². The molecule has 3 rings (SSSR count). The molecule has 0 aliphatic rings. The molecule has 0 saturated carbocycles. The molecule has 0 aliphatic carbocycles. The normalized spacial score (nSPS) is 10.6. The average molecular weight is 301 g/mol. The monoisotopic (exact) mass is 300 g/mol. The van der Waals surface area contributed by atoms with Crippen molar-refractivity contribution < 1.29 is 9.26 Å². The van der Waals surface area contributed by atoms with Crippen molar-refractivity contribution in [3.05, 3.63) is 65.0 Å². The topological polar surface area (TPSA) is 48.2 Å². The van der Waals surface area contributed by atoms with Crippen LogP contribution in [0.2, 0.25) is 5.02 Å². The fourth-order valence-corrected chi connectivity index (χ4v) is 1.99. The second kappa shape index (κ2) is 5.97. The third-order valence-electron chi connectivity index (χ3n) is 2.99. The van der Waals surface area contributed by atoms with Gasteiger partial charge in [0.1, 0.15) is 5.75 Å². The average Bonchev–Trinajstić information content (AvgIpc) is 2.98. The van der Waals surface area contributed by atoms with Crippen LogP contribution in [0.15, 0.2) is 53.1 Å². The third kappa shape index (κ3) is 3.23. The fraction of sp³-hybridized carbons (Fsp3) is 0.125. The minimum atomic E-state index is 0.223. The molecule has 0 aliphatic heterocycles. The molecule has 2 aromatic carbocycles. The van der Waals surface area contributed by atoms with E-state index in [0.29, 0.717) is 16.7 Å². The molecule has 0 saturated heterocycles. The molecule has 4 nitrogen and oxygen atoms in total. The van der Waals surface area contributed by atoms with E-state index in [9.17, 15) is 0 Å². The molecule has 0 radical (unpaired) electrons. The van der Waals surface area contributed by atoms with Crippen molar-refractivity contribution in [1.82, 2.24) is 10.1 Å². The van der Waals surface area contributed by atoms with E-state index < -0.39 is 0 Å². The van der Waals surface area contributed by atoms with E-state index in [1.54, 1.807) is 6.07 Å². The summed E-state index contributed by atoms with van der Waals surface area (Å²) in [5.41, 5.74) is 1.87. The van der Waals surface area contributed by atoms with Crippen LogP contribution >= 0.6 is 11.6 Å². The number of hydrogen-bond acceptors (Lipinski definition) is 4. The van der Waals surface area contributed by atoms with E-state index in [-0.39, 0.29) is 6.61 Å². The maximum atomic E-state index is 5.97. The van der Waals surface area contributed by atoms with Crippen molar-refractivity contribution in [3.63, 3.8) is 0 Å². The van der Waals surface area contributed by atoms with E-state index in [1.165, 1.54) is 0 Å². The highest BCUT2D eigenvalue weighted by atomic mass is 35.5. The maximum absolute atomic E-state index is 5.97. The smallest absolute Gasteiger partial charge is 0.264 e. The lowest BCUT2D eigenvalue weighted by molar-refractivity contribution is 0.243. The van der Waals surface area contributed by atoms with Crippen LogP contribution in [-0.2, 0) is 6.61 Å². The van der Waals surface area contributed by atoms with Crippen LogP contribution in [-0.4, -0.2) is 10.1 Å². The lowest BCUT2D eigenvalue weighted by atomic mass is 10.2. The van der Waals surface area contributed by atoms with Gasteiger partial charge in [-0.2, -0.15) is 4.98 Å². The molecule has 106 valence electrons. The van der Waals surface area contributed by atoms with Crippen LogP contribution in [0.5, 0.6) is 5.75 Å². The third-order valence-corrected chi connectivity index (χ3v) is 3.42. The van der Waals surface area contributed by atoms with E-state index in [2.05, 4.69) is 10.1 Å². The van der Waals surface area contributed by atoms with Gasteiger partial charge in [0.05, 0.1) is 0 Å². The molecule has 0 amide bonds. The first-order valence-electron chi connectivity index (χ1n) is 6.49. The van der Waals surface area contributed by atoms with E-state index >= 15 is 0 Å². The van der Waals surface area contributed by atoms with Crippen LogP contribution in [0, 0.1) is 6.92 Å². The first kappa shape index (κ1) is 13.6. The summed E-state index contributed by atoms with van der Waals surface area (Å²) < 4.78 is 10.8. The van der Waals surface area contributed by atoms with E-state index in [4.69, 9.17) is 20.9 Å². The Labute approximate surface area is 127 Å². The number of halogens is 1. The highest BCUT2D eigenvalue weighted by molar-refractivity contribution is 6.31. The summed E-state index contributed by atoms with van der Waals surface area (Å²) in [4.78, 5) is 4.31. The Morgan fingerprint density at radius 3 is 2.71 bits per heavy atom. The summed E-state index contributed by atoms with van der Waals surface area (Å²) >= 11 is 5.97. The Kier molecular flexibility index (Phi) is 3.88. The lowest BCUT2D eigenvalue weighted by Gasteiger charge is -2.04. The van der Waals surface area contributed by atoms with Crippen molar-refractivity contribution in [1.29, 1.82) is 0 Å². The van der Waals surface area contributed by atoms with Gasteiger partial charge >= 0.3 is 0 Å². The lowest BCUT2D eigenvalue weighted by Crippen LogP contribution is -1.96. The molecule has 0 spiro atoms. The van der Waals surface area contributed by atoms with Crippen LogP contribution < -0.4 is 4.74 Å². The van der Waals surface area contributed by atoms with Gasteiger partial charge in [0.2, 0.25) is 5.82 Å². The van der Waals surface area contributed by atoms with Crippen molar-refractivity contribution in [2.24, 2.45) is 0 Å². The summed E-state index contributed by atoms with van der Waals surface area (Å²) in [5.74, 6) is 1.71. The van der Waals surface area contributed by atoms with Crippen molar-refractivity contribution in [3.8, 4) is 17.1 Å². The number of aromatic nitrogens is 2. The molecule has 0 N–H and O–H groups in total. The minimum Gasteiger partial charge on any atom is -0.484 e. The first-order chi connectivity index (χ1) is 10.2. The minimum absolute atomic E-state index is 0.223. The van der Waals surface area contributed by atoms with Gasteiger partial charge in [0, 0.05) is 10.6 Å². The molecule has 0 atom stereocenters.